The summed E-state index contributed by atoms with van der Waals surface area (Å²) in [4.78, 5) is 12.4. The highest BCUT2D eigenvalue weighted by Gasteiger charge is 2.26. The van der Waals surface area contributed by atoms with Crippen molar-refractivity contribution in [3.05, 3.63) is 65.2 Å². The average molecular weight is 358 g/mol. The lowest BCUT2D eigenvalue weighted by Gasteiger charge is -2.30. The number of carbonyl (C=O) groups is 1. The lowest BCUT2D eigenvalue weighted by molar-refractivity contribution is 0.0951. The minimum Gasteiger partial charge on any atom is -0.348 e. The van der Waals surface area contributed by atoms with Crippen LogP contribution >= 0.6 is 0 Å². The maximum atomic E-state index is 12.4. The first-order valence-electron chi connectivity index (χ1n) is 8.47. The van der Waals surface area contributed by atoms with Gasteiger partial charge in [0.05, 0.1) is 11.4 Å². The van der Waals surface area contributed by atoms with Crippen LogP contribution < -0.4 is 9.62 Å². The Morgan fingerprint density at radius 3 is 2.64 bits per heavy atom. The highest BCUT2D eigenvalue weighted by Crippen LogP contribution is 2.30. The van der Waals surface area contributed by atoms with Crippen LogP contribution in [-0.2, 0) is 23.0 Å². The summed E-state index contributed by atoms with van der Waals surface area (Å²) in [7, 11) is -3.28. The number of fused-ring (bicyclic) bond motifs is 1. The van der Waals surface area contributed by atoms with E-state index in [4.69, 9.17) is 0 Å². The molecule has 2 aromatic carbocycles. The Kier molecular flexibility index (Phi) is 5.08. The molecule has 0 spiro atoms. The molecule has 0 aromatic heterocycles. The van der Waals surface area contributed by atoms with Crippen molar-refractivity contribution in [2.45, 2.75) is 26.3 Å². The van der Waals surface area contributed by atoms with Crippen molar-refractivity contribution in [1.82, 2.24) is 5.32 Å². The van der Waals surface area contributed by atoms with Gasteiger partial charge < -0.3 is 5.32 Å². The molecule has 1 aliphatic rings. The Morgan fingerprint density at radius 2 is 1.92 bits per heavy atom. The van der Waals surface area contributed by atoms with E-state index in [9.17, 15) is 13.2 Å². The summed E-state index contributed by atoms with van der Waals surface area (Å²) in [5.74, 6) is -0.0757. The van der Waals surface area contributed by atoms with Crippen molar-refractivity contribution >= 4 is 21.6 Å². The predicted molar refractivity (Wildman–Crippen MR) is 99.2 cm³/mol. The van der Waals surface area contributed by atoms with Gasteiger partial charge in [-0.2, -0.15) is 0 Å². The fourth-order valence-electron chi connectivity index (χ4n) is 3.03. The molecule has 0 saturated heterocycles. The van der Waals surface area contributed by atoms with Crippen LogP contribution in [0.15, 0.2) is 48.5 Å². The average Bonchev–Trinajstić information content (AvgIpc) is 2.66. The number of carbonyl (C=O) groups excluding carboxylic acids is 1. The molecule has 1 N–H and O–H groups in total. The molecule has 0 atom stereocenters. The molecule has 6 heteroatoms. The molecular weight excluding hydrogens is 336 g/mol. The van der Waals surface area contributed by atoms with Crippen molar-refractivity contribution in [2.75, 3.05) is 16.6 Å². The van der Waals surface area contributed by atoms with Gasteiger partial charge >= 0.3 is 0 Å². The third-order valence-corrected chi connectivity index (χ3v) is 6.19. The zero-order valence-corrected chi connectivity index (χ0v) is 15.1. The second-order valence-corrected chi connectivity index (χ2v) is 8.27. The van der Waals surface area contributed by atoms with Gasteiger partial charge in [0.25, 0.3) is 5.91 Å². The van der Waals surface area contributed by atoms with Crippen molar-refractivity contribution in [3.63, 3.8) is 0 Å². The van der Waals surface area contributed by atoms with Crippen LogP contribution in [-0.4, -0.2) is 26.6 Å². The van der Waals surface area contributed by atoms with Crippen LogP contribution in [0.25, 0.3) is 0 Å². The van der Waals surface area contributed by atoms with E-state index in [1.54, 1.807) is 19.1 Å². The maximum absolute atomic E-state index is 12.4. The van der Waals surface area contributed by atoms with Gasteiger partial charge in [0.2, 0.25) is 10.0 Å². The fraction of sp³-hybridized carbons (Fsp3) is 0.316. The minimum atomic E-state index is -3.28. The Bertz CT molecular complexity index is 863. The highest BCUT2D eigenvalue weighted by molar-refractivity contribution is 7.92. The van der Waals surface area contributed by atoms with Gasteiger partial charge in [-0.25, -0.2) is 8.42 Å². The lowest BCUT2D eigenvalue weighted by atomic mass is 10.0. The Labute approximate surface area is 148 Å². The highest BCUT2D eigenvalue weighted by atomic mass is 32.2. The van der Waals surface area contributed by atoms with E-state index in [1.807, 2.05) is 36.4 Å². The first kappa shape index (κ1) is 17.5. The Morgan fingerprint density at radius 1 is 1.16 bits per heavy atom. The molecule has 0 unspecified atom stereocenters. The zero-order valence-electron chi connectivity index (χ0n) is 14.2. The van der Waals surface area contributed by atoms with Gasteiger partial charge in [0, 0.05) is 18.7 Å². The fourth-order valence-corrected chi connectivity index (χ4v) is 4.23. The molecule has 2 aromatic rings. The van der Waals surface area contributed by atoms with E-state index >= 15 is 0 Å². The monoisotopic (exact) mass is 358 g/mol. The van der Waals surface area contributed by atoms with Gasteiger partial charge in [-0.1, -0.05) is 30.3 Å². The van der Waals surface area contributed by atoms with Gasteiger partial charge in [-0.3, -0.25) is 9.10 Å². The topological polar surface area (TPSA) is 66.5 Å². The predicted octanol–water partition coefficient (Wildman–Crippen LogP) is 2.72. The molecule has 0 aliphatic carbocycles. The van der Waals surface area contributed by atoms with E-state index in [2.05, 4.69) is 5.32 Å². The number of aryl methyl sites for hydroxylation is 1. The number of amides is 1. The normalized spacial score (nSPS) is 14.0. The molecule has 0 bridgehead atoms. The third-order valence-electron chi connectivity index (χ3n) is 4.41. The number of anilines is 1. The van der Waals surface area contributed by atoms with E-state index in [0.29, 0.717) is 24.3 Å². The van der Waals surface area contributed by atoms with Crippen LogP contribution in [0, 0.1) is 0 Å². The molecule has 25 heavy (non-hydrogen) atoms. The molecule has 1 heterocycles. The molecule has 1 amide bonds. The summed E-state index contributed by atoms with van der Waals surface area (Å²) < 4.78 is 26.0. The number of benzene rings is 2. The molecule has 132 valence electrons. The first-order valence-corrected chi connectivity index (χ1v) is 10.1. The van der Waals surface area contributed by atoms with E-state index in [1.165, 1.54) is 4.31 Å². The number of hydrogen-bond donors (Lipinski definition) is 1. The Balaban J connectivity index is 1.78. The van der Waals surface area contributed by atoms with Crippen molar-refractivity contribution < 1.29 is 13.2 Å². The number of nitrogens with zero attached hydrogens (tertiary/aromatic N) is 1. The molecule has 0 radical (unpaired) electrons. The summed E-state index contributed by atoms with van der Waals surface area (Å²) in [6, 6.07) is 15.0. The number of hydrogen-bond acceptors (Lipinski definition) is 3. The first-order chi connectivity index (χ1) is 12.0. The number of rotatable bonds is 5. The van der Waals surface area contributed by atoms with Crippen LogP contribution in [0.3, 0.4) is 0 Å². The largest absolute Gasteiger partial charge is 0.348 e. The lowest BCUT2D eigenvalue weighted by Crippen LogP contribution is -2.36. The molecule has 1 aliphatic heterocycles. The van der Waals surface area contributed by atoms with Crippen LogP contribution in [0.2, 0.25) is 0 Å². The summed E-state index contributed by atoms with van der Waals surface area (Å²) in [5.41, 5.74) is 3.21. The standard InChI is InChI=1S/C19H22N2O3S/c1-2-25(23,24)21-12-6-9-16-13-17(10-11-18(16)21)19(22)20-14-15-7-4-3-5-8-15/h3-5,7-8,10-11,13H,2,6,9,12,14H2,1H3,(H,20,22). The van der Waals surface area contributed by atoms with E-state index in [-0.39, 0.29) is 11.7 Å². The smallest absolute Gasteiger partial charge is 0.251 e. The third kappa shape index (κ3) is 3.85. The van der Waals surface area contributed by atoms with Crippen molar-refractivity contribution in [2.24, 2.45) is 0 Å². The Hall–Kier alpha value is -2.34. The van der Waals surface area contributed by atoms with Crippen LogP contribution in [0.4, 0.5) is 5.69 Å². The van der Waals surface area contributed by atoms with E-state index < -0.39 is 10.0 Å². The van der Waals surface area contributed by atoms with Crippen molar-refractivity contribution in [1.29, 1.82) is 0 Å². The minimum absolute atomic E-state index is 0.0752. The SMILES string of the molecule is CCS(=O)(=O)N1CCCc2cc(C(=O)NCc3ccccc3)ccc21. The number of sulfonamides is 1. The molecular formula is C19H22N2O3S. The molecule has 3 rings (SSSR count). The second-order valence-electron chi connectivity index (χ2n) is 6.09. The van der Waals surface area contributed by atoms with Gasteiger partial charge in [0.1, 0.15) is 0 Å². The van der Waals surface area contributed by atoms with Crippen LogP contribution in [0.1, 0.15) is 34.8 Å². The van der Waals surface area contributed by atoms with Gasteiger partial charge in [-0.15, -0.1) is 0 Å². The molecule has 0 fully saturated rings. The summed E-state index contributed by atoms with van der Waals surface area (Å²) in [6.45, 7) is 2.62. The van der Waals surface area contributed by atoms with E-state index in [0.717, 1.165) is 24.0 Å². The van der Waals surface area contributed by atoms with Crippen LogP contribution in [0.5, 0.6) is 0 Å². The maximum Gasteiger partial charge on any atom is 0.251 e. The van der Waals surface area contributed by atoms with Crippen molar-refractivity contribution in [3.8, 4) is 0 Å². The summed E-state index contributed by atoms with van der Waals surface area (Å²) >= 11 is 0. The summed E-state index contributed by atoms with van der Waals surface area (Å²) in [5, 5.41) is 2.90. The van der Waals surface area contributed by atoms with Gasteiger partial charge in [-0.05, 0) is 49.1 Å². The molecule has 0 saturated carbocycles. The second kappa shape index (κ2) is 7.27. The number of nitrogens with one attached hydrogen (secondary N) is 1. The quantitative estimate of drug-likeness (QED) is 0.894. The van der Waals surface area contributed by atoms with Gasteiger partial charge in [0.15, 0.2) is 0 Å². The summed E-state index contributed by atoms with van der Waals surface area (Å²) in [6.07, 6.45) is 1.55. The molecule has 5 nitrogen and oxygen atoms in total. The zero-order chi connectivity index (χ0) is 17.9.